The maximum absolute atomic E-state index is 13.1. The van der Waals surface area contributed by atoms with Crippen molar-refractivity contribution in [1.82, 2.24) is 14.5 Å². The highest BCUT2D eigenvalue weighted by Crippen LogP contribution is 2.40. The second-order valence-corrected chi connectivity index (χ2v) is 9.70. The van der Waals surface area contributed by atoms with E-state index in [2.05, 4.69) is 14.2 Å². The highest BCUT2D eigenvalue weighted by atomic mass is 32.2. The fraction of sp³-hybridized carbons (Fsp3) is 0.455. The van der Waals surface area contributed by atoms with Crippen LogP contribution in [0.1, 0.15) is 44.0 Å². The molecular formula is C22H26F3N3O5S. The van der Waals surface area contributed by atoms with Crippen molar-refractivity contribution in [2.45, 2.75) is 45.2 Å². The van der Waals surface area contributed by atoms with E-state index in [-0.39, 0.29) is 29.0 Å². The third-order valence-corrected chi connectivity index (χ3v) is 6.20. The van der Waals surface area contributed by atoms with Gasteiger partial charge in [-0.3, -0.25) is 0 Å². The van der Waals surface area contributed by atoms with Crippen molar-refractivity contribution in [3.63, 3.8) is 0 Å². The van der Waals surface area contributed by atoms with Gasteiger partial charge in [-0.1, -0.05) is 13.8 Å². The van der Waals surface area contributed by atoms with Crippen molar-refractivity contribution in [3.8, 4) is 22.9 Å². The summed E-state index contributed by atoms with van der Waals surface area (Å²) in [5.41, 5.74) is -3.12. The Morgan fingerprint density at radius 3 is 2.35 bits per heavy atom. The Bertz CT molecular complexity index is 1300. The topological polar surface area (TPSA) is 92.5 Å². The number of rotatable bonds is 8. The number of ether oxygens (including phenoxy) is 2. The molecule has 0 radical (unpaired) electrons. The van der Waals surface area contributed by atoms with E-state index in [9.17, 15) is 21.6 Å². The Hall–Kier alpha value is -2.86. The first-order valence-corrected chi connectivity index (χ1v) is 11.8. The summed E-state index contributed by atoms with van der Waals surface area (Å²) in [6, 6.07) is 4.67. The van der Waals surface area contributed by atoms with Gasteiger partial charge in [0.2, 0.25) is 5.88 Å². The summed E-state index contributed by atoms with van der Waals surface area (Å²) in [5.74, 6) is -0.704. The van der Waals surface area contributed by atoms with E-state index in [1.807, 2.05) is 24.6 Å². The average molecular weight is 502 g/mol. The lowest BCUT2D eigenvalue weighted by atomic mass is 10.1. The number of aryl methyl sites for hydroxylation is 1. The van der Waals surface area contributed by atoms with Crippen LogP contribution in [0, 0.1) is 6.92 Å². The van der Waals surface area contributed by atoms with E-state index in [4.69, 9.17) is 9.47 Å². The molecule has 3 aromatic rings. The summed E-state index contributed by atoms with van der Waals surface area (Å²) in [5, 5.41) is 0. The first kappa shape index (κ1) is 25.8. The molecule has 3 heterocycles. The number of fused-ring (bicyclic) bond motifs is 1. The fourth-order valence-electron chi connectivity index (χ4n) is 3.52. The number of methoxy groups -OCH3 is 2. The summed E-state index contributed by atoms with van der Waals surface area (Å²) in [4.78, 5) is 8.69. The van der Waals surface area contributed by atoms with Gasteiger partial charge in [-0.25, -0.2) is 9.97 Å². The second kappa shape index (κ2) is 9.41. The van der Waals surface area contributed by atoms with Crippen molar-refractivity contribution >= 4 is 21.2 Å². The van der Waals surface area contributed by atoms with Crippen LogP contribution in [0.15, 0.2) is 24.4 Å². The molecule has 0 aromatic carbocycles. The fourth-order valence-corrected chi connectivity index (χ4v) is 3.95. The number of halogens is 3. The molecule has 0 unspecified atom stereocenters. The van der Waals surface area contributed by atoms with Crippen LogP contribution < -0.4 is 8.92 Å². The second-order valence-electron chi connectivity index (χ2n) is 8.16. The Labute approximate surface area is 195 Å². The normalized spacial score (nSPS) is 13.5. The lowest BCUT2D eigenvalue weighted by molar-refractivity contribution is -0.0501. The molecule has 1 atom stereocenters. The van der Waals surface area contributed by atoms with Gasteiger partial charge in [0.1, 0.15) is 11.4 Å². The highest BCUT2D eigenvalue weighted by Gasteiger charge is 2.49. The third-order valence-electron chi connectivity index (χ3n) is 5.26. The van der Waals surface area contributed by atoms with Crippen LogP contribution in [0.2, 0.25) is 0 Å². The van der Waals surface area contributed by atoms with Crippen molar-refractivity contribution < 1.29 is 35.2 Å². The summed E-state index contributed by atoms with van der Waals surface area (Å²) < 4.78 is 79.9. The Kier molecular flexibility index (Phi) is 7.13. The molecule has 12 heteroatoms. The maximum atomic E-state index is 13.1. The number of nitrogens with zero attached hydrogens (tertiary/aromatic N) is 3. The molecule has 186 valence electrons. The molecule has 0 saturated heterocycles. The van der Waals surface area contributed by atoms with E-state index in [1.54, 1.807) is 33.1 Å². The molecule has 0 bridgehead atoms. The molecule has 3 rings (SSSR count). The Morgan fingerprint density at radius 1 is 1.12 bits per heavy atom. The van der Waals surface area contributed by atoms with Gasteiger partial charge in [-0.15, -0.1) is 0 Å². The van der Waals surface area contributed by atoms with Crippen molar-refractivity contribution in [1.29, 1.82) is 0 Å². The maximum Gasteiger partial charge on any atom is 0.534 e. The third kappa shape index (κ3) is 4.83. The number of hydrogen-bond donors (Lipinski definition) is 0. The van der Waals surface area contributed by atoms with Crippen LogP contribution in [0.3, 0.4) is 0 Å². The van der Waals surface area contributed by atoms with E-state index in [0.717, 1.165) is 11.1 Å². The largest absolute Gasteiger partial charge is 0.534 e. The predicted octanol–water partition coefficient (Wildman–Crippen LogP) is 4.97. The molecule has 0 amide bonds. The smallest absolute Gasteiger partial charge is 0.494 e. The molecule has 0 saturated carbocycles. The van der Waals surface area contributed by atoms with Crippen molar-refractivity contribution in [2.75, 3.05) is 20.8 Å². The van der Waals surface area contributed by atoms with Gasteiger partial charge in [-0.2, -0.15) is 21.6 Å². The monoisotopic (exact) mass is 501 g/mol. The van der Waals surface area contributed by atoms with Crippen molar-refractivity contribution in [3.05, 3.63) is 35.7 Å². The van der Waals surface area contributed by atoms with Crippen LogP contribution in [0.25, 0.3) is 22.3 Å². The number of hydrogen-bond acceptors (Lipinski definition) is 7. The van der Waals surface area contributed by atoms with Gasteiger partial charge in [0.25, 0.3) is 0 Å². The van der Waals surface area contributed by atoms with E-state index < -0.39 is 21.5 Å². The first-order chi connectivity index (χ1) is 15.8. The lowest BCUT2D eigenvalue weighted by Gasteiger charge is -2.17. The SMILES string of the molecule is COC[C@H](C)n1cc(C)c2nc(-c3ccc(C(C)C)nc3OS(=O)(=O)C(F)(F)F)c(OC)cc21. The summed E-state index contributed by atoms with van der Waals surface area (Å²) in [6.45, 7) is 7.78. The zero-order chi connectivity index (χ0) is 25.4. The molecule has 34 heavy (non-hydrogen) atoms. The van der Waals surface area contributed by atoms with Crippen LogP contribution in [-0.4, -0.2) is 49.3 Å². The van der Waals surface area contributed by atoms with E-state index >= 15 is 0 Å². The van der Waals surface area contributed by atoms with E-state index in [0.29, 0.717) is 17.8 Å². The van der Waals surface area contributed by atoms with Gasteiger partial charge in [-0.05, 0) is 37.5 Å². The predicted molar refractivity (Wildman–Crippen MR) is 121 cm³/mol. The number of pyridine rings is 2. The minimum absolute atomic E-state index is 0.0265. The molecule has 8 nitrogen and oxygen atoms in total. The Morgan fingerprint density at radius 2 is 1.79 bits per heavy atom. The quantitative estimate of drug-likeness (QED) is 0.318. The average Bonchev–Trinajstić information content (AvgIpc) is 3.07. The van der Waals surface area contributed by atoms with Crippen LogP contribution in [0.5, 0.6) is 11.6 Å². The van der Waals surface area contributed by atoms with Gasteiger partial charge in [0.05, 0.1) is 36.4 Å². The molecule has 0 aliphatic carbocycles. The lowest BCUT2D eigenvalue weighted by Crippen LogP contribution is -2.28. The van der Waals surface area contributed by atoms with Gasteiger partial charge < -0.3 is 18.2 Å². The molecular weight excluding hydrogens is 475 g/mol. The van der Waals surface area contributed by atoms with Crippen LogP contribution in [-0.2, 0) is 14.9 Å². The molecule has 3 aromatic heterocycles. The van der Waals surface area contributed by atoms with Crippen LogP contribution >= 0.6 is 0 Å². The van der Waals surface area contributed by atoms with Crippen LogP contribution in [0.4, 0.5) is 13.2 Å². The number of alkyl halides is 3. The minimum atomic E-state index is -5.96. The molecule has 0 aliphatic heterocycles. The minimum Gasteiger partial charge on any atom is -0.494 e. The van der Waals surface area contributed by atoms with E-state index in [1.165, 1.54) is 13.2 Å². The number of aromatic nitrogens is 3. The van der Waals surface area contributed by atoms with Crippen molar-refractivity contribution in [2.24, 2.45) is 0 Å². The summed E-state index contributed by atoms with van der Waals surface area (Å²) in [7, 11) is -2.98. The first-order valence-electron chi connectivity index (χ1n) is 10.4. The standard InChI is InChI=1S/C22H26F3N3O5S/c1-12(2)16-8-7-15(21(26-16)33-34(29,30)22(23,24)25)20-18(32-6)9-17-19(27-20)13(3)10-28(17)14(4)11-31-5/h7-10,12,14H,11H2,1-6H3/t14-/m0/s1. The molecule has 0 aliphatic rings. The zero-order valence-corrected chi connectivity index (χ0v) is 20.4. The van der Waals surface area contributed by atoms with Gasteiger partial charge in [0.15, 0.2) is 0 Å². The van der Waals surface area contributed by atoms with Gasteiger partial charge >= 0.3 is 15.6 Å². The molecule has 0 N–H and O–H groups in total. The molecule has 0 spiro atoms. The van der Waals surface area contributed by atoms with Gasteiger partial charge in [0, 0.05) is 25.1 Å². The molecule has 0 fully saturated rings. The zero-order valence-electron chi connectivity index (χ0n) is 19.6. The highest BCUT2D eigenvalue weighted by molar-refractivity contribution is 7.88. The Balaban J connectivity index is 2.27. The summed E-state index contributed by atoms with van der Waals surface area (Å²) in [6.07, 6.45) is 1.89. The summed E-state index contributed by atoms with van der Waals surface area (Å²) >= 11 is 0.